The number of ether oxygens (including phenoxy) is 1. The summed E-state index contributed by atoms with van der Waals surface area (Å²) in [5.74, 6) is -0.0519. The zero-order chi connectivity index (χ0) is 16.5. The van der Waals surface area contributed by atoms with E-state index in [4.69, 9.17) is 4.74 Å². The second-order valence-electron chi connectivity index (χ2n) is 5.94. The van der Waals surface area contributed by atoms with E-state index in [1.807, 2.05) is 48.5 Å². The molecule has 6 heteroatoms. The van der Waals surface area contributed by atoms with E-state index in [1.54, 1.807) is 17.1 Å². The number of nitrogens with zero attached hydrogens (tertiary/aromatic N) is 4. The first-order chi connectivity index (χ1) is 11.7. The second kappa shape index (κ2) is 6.05. The summed E-state index contributed by atoms with van der Waals surface area (Å²) in [6.45, 7) is 1.59. The predicted molar refractivity (Wildman–Crippen MR) is 89.5 cm³/mol. The molecule has 0 N–H and O–H groups in total. The van der Waals surface area contributed by atoms with Crippen molar-refractivity contribution in [1.29, 1.82) is 0 Å². The monoisotopic (exact) mass is 322 g/mol. The van der Waals surface area contributed by atoms with E-state index < -0.39 is 0 Å². The van der Waals surface area contributed by atoms with Crippen molar-refractivity contribution >= 4 is 16.7 Å². The number of carbonyl (C=O) groups excluding carboxylic acids is 1. The maximum Gasteiger partial charge on any atom is 0.273 e. The Morgan fingerprint density at radius 3 is 3.00 bits per heavy atom. The van der Waals surface area contributed by atoms with Crippen LogP contribution in [0.3, 0.4) is 0 Å². The molecule has 3 aromatic rings. The van der Waals surface area contributed by atoms with E-state index >= 15 is 0 Å². The summed E-state index contributed by atoms with van der Waals surface area (Å²) in [4.78, 5) is 19.1. The maximum absolute atomic E-state index is 13.0. The van der Waals surface area contributed by atoms with Gasteiger partial charge in [0.05, 0.1) is 19.3 Å². The number of aromatic nitrogens is 3. The molecular weight excluding hydrogens is 304 g/mol. The zero-order valence-electron chi connectivity index (χ0n) is 13.4. The van der Waals surface area contributed by atoms with Crippen LogP contribution in [-0.2, 0) is 11.8 Å². The van der Waals surface area contributed by atoms with Gasteiger partial charge < -0.3 is 9.64 Å². The van der Waals surface area contributed by atoms with Crippen LogP contribution >= 0.6 is 0 Å². The average Bonchev–Trinajstić information content (AvgIpc) is 3.07. The van der Waals surface area contributed by atoms with Crippen LogP contribution in [0.25, 0.3) is 10.8 Å². The topological polar surface area (TPSA) is 60.2 Å². The summed E-state index contributed by atoms with van der Waals surface area (Å²) < 4.78 is 7.56. The molecule has 1 aliphatic rings. The van der Waals surface area contributed by atoms with Crippen molar-refractivity contribution in [1.82, 2.24) is 19.7 Å². The summed E-state index contributed by atoms with van der Waals surface area (Å²) >= 11 is 0. The van der Waals surface area contributed by atoms with Gasteiger partial charge in [0, 0.05) is 36.9 Å². The highest BCUT2D eigenvalue weighted by molar-refractivity contribution is 6.05. The number of aryl methyl sites for hydroxylation is 1. The minimum absolute atomic E-state index is 0.0519. The van der Waals surface area contributed by atoms with Crippen LogP contribution in [-0.4, -0.2) is 45.3 Å². The van der Waals surface area contributed by atoms with Gasteiger partial charge in [-0.05, 0) is 11.5 Å². The van der Waals surface area contributed by atoms with Gasteiger partial charge in [0.1, 0.15) is 11.8 Å². The summed E-state index contributed by atoms with van der Waals surface area (Å²) in [6, 6.07) is 9.74. The molecule has 1 amide bonds. The number of rotatable bonds is 2. The third-order valence-corrected chi connectivity index (χ3v) is 4.33. The van der Waals surface area contributed by atoms with Crippen LogP contribution < -0.4 is 0 Å². The number of pyridine rings is 1. The largest absolute Gasteiger partial charge is 0.370 e. The van der Waals surface area contributed by atoms with E-state index in [9.17, 15) is 4.79 Å². The Labute approximate surface area is 139 Å². The molecule has 0 saturated carbocycles. The van der Waals surface area contributed by atoms with Crippen molar-refractivity contribution in [2.75, 3.05) is 19.7 Å². The Bertz CT molecular complexity index is 884. The van der Waals surface area contributed by atoms with Crippen molar-refractivity contribution in [3.8, 4) is 0 Å². The molecule has 6 nitrogen and oxygen atoms in total. The van der Waals surface area contributed by atoms with Gasteiger partial charge in [-0.2, -0.15) is 5.10 Å². The molecule has 24 heavy (non-hydrogen) atoms. The summed E-state index contributed by atoms with van der Waals surface area (Å²) in [6.07, 6.45) is 5.25. The number of amides is 1. The Balaban J connectivity index is 1.61. The molecule has 1 fully saturated rings. The molecule has 3 heterocycles. The smallest absolute Gasteiger partial charge is 0.273 e. The lowest BCUT2D eigenvalue weighted by Crippen LogP contribution is -2.42. The van der Waals surface area contributed by atoms with Crippen LogP contribution in [0, 0.1) is 0 Å². The Morgan fingerprint density at radius 1 is 1.29 bits per heavy atom. The van der Waals surface area contributed by atoms with Crippen LogP contribution in [0.4, 0.5) is 0 Å². The molecule has 1 aromatic carbocycles. The first kappa shape index (κ1) is 14.8. The molecule has 122 valence electrons. The number of benzene rings is 1. The molecule has 1 unspecified atom stereocenters. The third-order valence-electron chi connectivity index (χ3n) is 4.33. The number of morpholine rings is 1. The molecule has 2 aromatic heterocycles. The first-order valence-corrected chi connectivity index (χ1v) is 7.95. The van der Waals surface area contributed by atoms with Gasteiger partial charge in [-0.15, -0.1) is 0 Å². The highest BCUT2D eigenvalue weighted by atomic mass is 16.5. The molecule has 0 aliphatic carbocycles. The molecule has 1 aliphatic heterocycles. The minimum atomic E-state index is -0.147. The van der Waals surface area contributed by atoms with E-state index in [0.29, 0.717) is 25.4 Å². The maximum atomic E-state index is 13.0. The van der Waals surface area contributed by atoms with Gasteiger partial charge in [0.15, 0.2) is 0 Å². The molecular formula is C18H18N4O2. The van der Waals surface area contributed by atoms with Crippen molar-refractivity contribution in [2.45, 2.75) is 6.10 Å². The van der Waals surface area contributed by atoms with E-state index in [1.165, 1.54) is 0 Å². The molecule has 0 spiro atoms. The van der Waals surface area contributed by atoms with E-state index in [2.05, 4.69) is 10.1 Å². The van der Waals surface area contributed by atoms with Crippen molar-refractivity contribution < 1.29 is 9.53 Å². The van der Waals surface area contributed by atoms with Gasteiger partial charge in [0.2, 0.25) is 0 Å². The number of hydrogen-bond acceptors (Lipinski definition) is 4. The Morgan fingerprint density at radius 2 is 2.17 bits per heavy atom. The van der Waals surface area contributed by atoms with Crippen LogP contribution in [0.1, 0.15) is 22.2 Å². The lowest BCUT2D eigenvalue weighted by Gasteiger charge is -2.32. The summed E-state index contributed by atoms with van der Waals surface area (Å²) in [5.41, 5.74) is 1.49. The molecule has 1 atom stereocenters. The fourth-order valence-corrected chi connectivity index (χ4v) is 3.08. The summed E-state index contributed by atoms with van der Waals surface area (Å²) in [7, 11) is 1.87. The quantitative estimate of drug-likeness (QED) is 0.725. The third kappa shape index (κ3) is 2.65. The second-order valence-corrected chi connectivity index (χ2v) is 5.94. The average molecular weight is 322 g/mol. The SMILES string of the molecule is Cn1cc(C2CN(C(=O)c3nccc4ccccc34)CCO2)cn1. The standard InChI is InChI=1S/C18H18N4O2/c1-21-11-14(10-20-21)16-12-22(8-9-24-16)18(23)17-15-5-3-2-4-13(15)6-7-19-17/h2-7,10-11,16H,8-9,12H2,1H3. The molecule has 0 bridgehead atoms. The van der Waals surface area contributed by atoms with Crippen LogP contribution in [0.2, 0.25) is 0 Å². The van der Waals surface area contributed by atoms with Crippen molar-refractivity contribution in [3.63, 3.8) is 0 Å². The van der Waals surface area contributed by atoms with E-state index in [0.717, 1.165) is 16.3 Å². The molecule has 1 saturated heterocycles. The fraction of sp³-hybridized carbons (Fsp3) is 0.278. The molecule has 4 rings (SSSR count). The van der Waals surface area contributed by atoms with E-state index in [-0.39, 0.29) is 12.0 Å². The van der Waals surface area contributed by atoms with Crippen molar-refractivity contribution in [3.05, 3.63) is 60.2 Å². The van der Waals surface area contributed by atoms with Crippen molar-refractivity contribution in [2.24, 2.45) is 7.05 Å². The Hall–Kier alpha value is -2.73. The molecule has 0 radical (unpaired) electrons. The minimum Gasteiger partial charge on any atom is -0.370 e. The highest BCUT2D eigenvalue weighted by Gasteiger charge is 2.28. The lowest BCUT2D eigenvalue weighted by atomic mass is 10.1. The lowest BCUT2D eigenvalue weighted by molar-refractivity contribution is -0.0229. The summed E-state index contributed by atoms with van der Waals surface area (Å²) in [5, 5.41) is 6.09. The number of hydrogen-bond donors (Lipinski definition) is 0. The highest BCUT2D eigenvalue weighted by Crippen LogP contribution is 2.24. The Kier molecular flexibility index (Phi) is 3.74. The number of fused-ring (bicyclic) bond motifs is 1. The fourth-order valence-electron chi connectivity index (χ4n) is 3.08. The van der Waals surface area contributed by atoms with Gasteiger partial charge in [0.25, 0.3) is 5.91 Å². The normalized spacial score (nSPS) is 18.0. The van der Waals surface area contributed by atoms with Gasteiger partial charge in [-0.3, -0.25) is 14.5 Å². The zero-order valence-corrected chi connectivity index (χ0v) is 13.4. The van der Waals surface area contributed by atoms with Crippen LogP contribution in [0.5, 0.6) is 0 Å². The van der Waals surface area contributed by atoms with Crippen LogP contribution in [0.15, 0.2) is 48.9 Å². The van der Waals surface area contributed by atoms with Gasteiger partial charge in [-0.25, -0.2) is 0 Å². The first-order valence-electron chi connectivity index (χ1n) is 7.95. The van der Waals surface area contributed by atoms with Gasteiger partial charge in [-0.1, -0.05) is 24.3 Å². The predicted octanol–water partition coefficient (Wildman–Crippen LogP) is 2.18. The number of carbonyl (C=O) groups is 1. The van der Waals surface area contributed by atoms with Gasteiger partial charge >= 0.3 is 0 Å².